The van der Waals surface area contributed by atoms with E-state index in [0.717, 1.165) is 16.1 Å². The Morgan fingerprint density at radius 2 is 1.97 bits per heavy atom. The predicted molar refractivity (Wildman–Crippen MR) is 127 cm³/mol. The quantitative estimate of drug-likeness (QED) is 0.537. The van der Waals surface area contributed by atoms with Crippen molar-refractivity contribution >= 4 is 35.0 Å². The lowest BCUT2D eigenvalue weighted by Crippen LogP contribution is -2.55. The summed E-state index contributed by atoms with van der Waals surface area (Å²) < 4.78 is 5.23. The van der Waals surface area contributed by atoms with Crippen molar-refractivity contribution in [2.45, 2.75) is 58.2 Å². The second-order valence-electron chi connectivity index (χ2n) is 8.47. The fourth-order valence-corrected chi connectivity index (χ4v) is 4.48. The zero-order valence-electron chi connectivity index (χ0n) is 19.3. The number of aryl methyl sites for hydroxylation is 1. The van der Waals surface area contributed by atoms with Crippen molar-refractivity contribution in [3.8, 4) is 0 Å². The average Bonchev–Trinajstić information content (AvgIpc) is 3.26. The molecule has 182 valence electrons. The van der Waals surface area contributed by atoms with Crippen LogP contribution in [0.3, 0.4) is 0 Å². The van der Waals surface area contributed by atoms with Crippen LogP contribution in [0.1, 0.15) is 42.8 Å². The maximum Gasteiger partial charge on any atom is 0.408 e. The van der Waals surface area contributed by atoms with E-state index in [0.29, 0.717) is 25.8 Å². The Labute approximate surface area is 202 Å². The highest BCUT2D eigenvalue weighted by Gasteiger charge is 2.32. The van der Waals surface area contributed by atoms with Gasteiger partial charge in [-0.3, -0.25) is 14.4 Å². The van der Waals surface area contributed by atoms with E-state index in [1.165, 1.54) is 11.3 Å². The van der Waals surface area contributed by atoms with Gasteiger partial charge in [-0.2, -0.15) is 0 Å². The third-order valence-electron chi connectivity index (χ3n) is 5.56. The van der Waals surface area contributed by atoms with Crippen molar-refractivity contribution in [1.82, 2.24) is 20.9 Å². The van der Waals surface area contributed by atoms with E-state index >= 15 is 0 Å². The molecule has 0 saturated carbocycles. The first-order valence-corrected chi connectivity index (χ1v) is 12.2. The standard InChI is InChI=1S/C24H30N4O5S/c1-15(2)20(28-24(32)33-13-16-7-4-3-5-8-16)22(30)27-18-10-6-9-17-19(34-14-26-17)11-12-25-23(31)21(18)29/h3-5,7-8,14-15,18,20H,6,9-13H2,1-2H3,(H,25,31)(H,27,30)(H,28,32). The SMILES string of the molecule is CC(C)C(NC(=O)OCc1ccccc1)C(=O)NC1CCCc2ncsc2CCNC(=O)C1=O. The second-order valence-corrected chi connectivity index (χ2v) is 9.41. The van der Waals surface area contributed by atoms with Crippen molar-refractivity contribution in [3.05, 3.63) is 52.0 Å². The summed E-state index contributed by atoms with van der Waals surface area (Å²) in [7, 11) is 0. The lowest BCUT2D eigenvalue weighted by molar-refractivity contribution is -0.140. The van der Waals surface area contributed by atoms with Gasteiger partial charge in [-0.15, -0.1) is 11.3 Å². The van der Waals surface area contributed by atoms with Crippen molar-refractivity contribution in [2.75, 3.05) is 6.54 Å². The van der Waals surface area contributed by atoms with Crippen LogP contribution in [-0.4, -0.2) is 47.3 Å². The Kier molecular flexibility index (Phi) is 9.15. The molecular formula is C24H30N4O5S. The van der Waals surface area contributed by atoms with Crippen LogP contribution in [0.4, 0.5) is 4.79 Å². The molecule has 2 atom stereocenters. The molecule has 9 nitrogen and oxygen atoms in total. The molecule has 10 heteroatoms. The minimum atomic E-state index is -0.990. The summed E-state index contributed by atoms with van der Waals surface area (Å²) in [6.45, 7) is 3.94. The van der Waals surface area contributed by atoms with E-state index < -0.39 is 35.8 Å². The summed E-state index contributed by atoms with van der Waals surface area (Å²) in [4.78, 5) is 55.9. The largest absolute Gasteiger partial charge is 0.445 e. The van der Waals surface area contributed by atoms with Gasteiger partial charge in [-0.1, -0.05) is 44.2 Å². The van der Waals surface area contributed by atoms with Crippen LogP contribution in [0.15, 0.2) is 35.8 Å². The van der Waals surface area contributed by atoms with Crippen LogP contribution in [-0.2, 0) is 38.6 Å². The number of aromatic nitrogens is 1. The van der Waals surface area contributed by atoms with Crippen LogP contribution >= 0.6 is 11.3 Å². The number of rotatable bonds is 6. The minimum Gasteiger partial charge on any atom is -0.445 e. The van der Waals surface area contributed by atoms with E-state index in [1.54, 1.807) is 19.4 Å². The molecule has 3 rings (SSSR count). The lowest BCUT2D eigenvalue weighted by Gasteiger charge is -2.24. The fraction of sp³-hybridized carbons (Fsp3) is 0.458. The molecule has 2 heterocycles. The Bertz CT molecular complexity index is 1010. The average molecular weight is 487 g/mol. The van der Waals surface area contributed by atoms with E-state index in [2.05, 4.69) is 20.9 Å². The van der Waals surface area contributed by atoms with Crippen molar-refractivity contribution in [2.24, 2.45) is 5.92 Å². The van der Waals surface area contributed by atoms with Gasteiger partial charge in [0.15, 0.2) is 0 Å². The van der Waals surface area contributed by atoms with E-state index in [4.69, 9.17) is 4.74 Å². The maximum absolute atomic E-state index is 13.0. The molecule has 3 N–H and O–H groups in total. The molecule has 0 bridgehead atoms. The zero-order chi connectivity index (χ0) is 24.5. The molecule has 1 aromatic heterocycles. The number of nitrogens with zero attached hydrogens (tertiary/aromatic N) is 1. The van der Waals surface area contributed by atoms with Gasteiger partial charge in [-0.25, -0.2) is 9.78 Å². The van der Waals surface area contributed by atoms with Crippen molar-refractivity contribution in [3.63, 3.8) is 0 Å². The highest BCUT2D eigenvalue weighted by Crippen LogP contribution is 2.18. The second kappa shape index (κ2) is 12.3. The van der Waals surface area contributed by atoms with Crippen LogP contribution in [0, 0.1) is 5.92 Å². The number of ether oxygens (including phenoxy) is 1. The number of Topliss-reactive ketones (excluding diaryl/α,β-unsaturated/α-hetero) is 1. The molecule has 0 aliphatic carbocycles. The normalized spacial score (nSPS) is 17.7. The Morgan fingerprint density at radius 1 is 1.21 bits per heavy atom. The number of benzene rings is 1. The van der Waals surface area contributed by atoms with Crippen LogP contribution in [0.5, 0.6) is 0 Å². The van der Waals surface area contributed by atoms with Crippen LogP contribution in [0.25, 0.3) is 0 Å². The zero-order valence-corrected chi connectivity index (χ0v) is 20.2. The van der Waals surface area contributed by atoms with Crippen molar-refractivity contribution in [1.29, 1.82) is 0 Å². The Balaban J connectivity index is 1.62. The molecule has 2 aromatic rings. The number of alkyl carbamates (subject to hydrolysis) is 1. The van der Waals surface area contributed by atoms with Gasteiger partial charge in [0.2, 0.25) is 11.7 Å². The molecule has 0 saturated heterocycles. The molecule has 2 unspecified atom stereocenters. The van der Waals surface area contributed by atoms with E-state index in [9.17, 15) is 19.2 Å². The molecule has 3 amide bonds. The fourth-order valence-electron chi connectivity index (χ4n) is 3.67. The lowest BCUT2D eigenvalue weighted by atomic mass is 10.00. The number of nitrogens with one attached hydrogen (secondary N) is 3. The highest BCUT2D eigenvalue weighted by atomic mass is 32.1. The van der Waals surface area contributed by atoms with Gasteiger partial charge >= 0.3 is 6.09 Å². The van der Waals surface area contributed by atoms with Gasteiger partial charge in [0.25, 0.3) is 5.91 Å². The first-order valence-electron chi connectivity index (χ1n) is 11.4. The minimum absolute atomic E-state index is 0.0684. The number of thiazole rings is 1. The number of fused-ring (bicyclic) bond motifs is 1. The monoisotopic (exact) mass is 486 g/mol. The summed E-state index contributed by atoms with van der Waals surface area (Å²) in [5, 5.41) is 7.88. The van der Waals surface area contributed by atoms with Gasteiger partial charge in [0, 0.05) is 17.8 Å². The van der Waals surface area contributed by atoms with Gasteiger partial charge in [0.1, 0.15) is 12.6 Å². The molecule has 0 radical (unpaired) electrons. The molecular weight excluding hydrogens is 456 g/mol. The molecule has 1 aliphatic heterocycles. The third kappa shape index (κ3) is 7.11. The van der Waals surface area contributed by atoms with E-state index in [-0.39, 0.29) is 18.9 Å². The Morgan fingerprint density at radius 3 is 2.71 bits per heavy atom. The highest BCUT2D eigenvalue weighted by molar-refractivity contribution is 7.09. The summed E-state index contributed by atoms with van der Waals surface area (Å²) in [6.07, 6.45) is 1.41. The van der Waals surface area contributed by atoms with Crippen LogP contribution in [0.2, 0.25) is 0 Å². The summed E-state index contributed by atoms with van der Waals surface area (Å²) in [5.74, 6) is -2.23. The van der Waals surface area contributed by atoms with Gasteiger partial charge in [-0.05, 0) is 30.7 Å². The molecule has 1 aliphatic rings. The topological polar surface area (TPSA) is 126 Å². The number of hydrogen-bond donors (Lipinski definition) is 3. The number of ketones is 1. The predicted octanol–water partition coefficient (Wildman–Crippen LogP) is 2.14. The molecule has 0 spiro atoms. The molecule has 1 aromatic carbocycles. The summed E-state index contributed by atoms with van der Waals surface area (Å²) in [5.41, 5.74) is 3.56. The van der Waals surface area contributed by atoms with E-state index in [1.807, 2.05) is 30.3 Å². The molecule has 34 heavy (non-hydrogen) atoms. The van der Waals surface area contributed by atoms with Crippen molar-refractivity contribution < 1.29 is 23.9 Å². The molecule has 0 fully saturated rings. The number of amides is 3. The van der Waals surface area contributed by atoms with Gasteiger partial charge < -0.3 is 20.7 Å². The number of hydrogen-bond acceptors (Lipinski definition) is 7. The Hall–Kier alpha value is -3.27. The number of carbonyl (C=O) groups excluding carboxylic acids is 4. The summed E-state index contributed by atoms with van der Waals surface area (Å²) in [6, 6.07) is 7.27. The third-order valence-corrected chi connectivity index (χ3v) is 6.50. The maximum atomic E-state index is 13.0. The van der Waals surface area contributed by atoms with Crippen LogP contribution < -0.4 is 16.0 Å². The first-order chi connectivity index (χ1) is 16.3. The number of carbonyl (C=O) groups is 4. The first kappa shape index (κ1) is 25.4. The van der Waals surface area contributed by atoms with Gasteiger partial charge in [0.05, 0.1) is 17.2 Å². The summed E-state index contributed by atoms with van der Waals surface area (Å²) >= 11 is 1.53. The smallest absolute Gasteiger partial charge is 0.408 e.